The average Bonchev–Trinajstić information content (AvgIpc) is 1.89. The summed E-state index contributed by atoms with van der Waals surface area (Å²) in [5.74, 6) is 0.914. The van der Waals surface area contributed by atoms with E-state index in [0.717, 1.165) is 5.75 Å². The molecule has 9 heavy (non-hydrogen) atoms. The van der Waals surface area contributed by atoms with Crippen molar-refractivity contribution in [2.75, 3.05) is 5.75 Å². The fourth-order valence-corrected chi connectivity index (χ4v) is 1.30. The van der Waals surface area contributed by atoms with Crippen molar-refractivity contribution in [2.24, 2.45) is 5.41 Å². The van der Waals surface area contributed by atoms with Crippen LogP contribution in [0.1, 0.15) is 40.0 Å². The predicted molar refractivity (Wildman–Crippen MR) is 45.8 cm³/mol. The zero-order valence-electron chi connectivity index (χ0n) is 6.74. The van der Waals surface area contributed by atoms with Gasteiger partial charge in [0, 0.05) is 5.75 Å². The summed E-state index contributed by atoms with van der Waals surface area (Å²) in [6.07, 6.45) is 3.78. The molecule has 0 saturated carbocycles. The molecule has 0 aromatic rings. The molecule has 55 valence electrons. The quantitative estimate of drug-likeness (QED) is 0.568. The van der Waals surface area contributed by atoms with Gasteiger partial charge in [0.05, 0.1) is 0 Å². The van der Waals surface area contributed by atoms with E-state index in [1.807, 2.05) is 0 Å². The minimum absolute atomic E-state index is 0.448. The monoisotopic (exact) mass is 145 g/mol. The SMILES string of the molecule is CCCC(C)(CC)C[S]. The maximum absolute atomic E-state index is 5.05. The normalized spacial score (nSPS) is 17.3. The molecular formula is C8H17S. The second kappa shape index (κ2) is 4.21. The molecule has 1 heteroatoms. The molecule has 0 aromatic carbocycles. The molecule has 1 unspecified atom stereocenters. The standard InChI is InChI=1S/C8H17S/c1-4-6-8(3,5-2)7-9/h4-7H2,1-3H3. The van der Waals surface area contributed by atoms with Gasteiger partial charge in [-0.05, 0) is 18.3 Å². The van der Waals surface area contributed by atoms with E-state index < -0.39 is 0 Å². The molecule has 0 aliphatic carbocycles. The fraction of sp³-hybridized carbons (Fsp3) is 1.00. The van der Waals surface area contributed by atoms with Crippen LogP contribution in [-0.2, 0) is 0 Å². The van der Waals surface area contributed by atoms with E-state index in [1.54, 1.807) is 0 Å². The number of hydrogen-bond acceptors (Lipinski definition) is 0. The van der Waals surface area contributed by atoms with Crippen LogP contribution in [0.3, 0.4) is 0 Å². The largest absolute Gasteiger partial charge is 0.0936 e. The molecule has 0 amide bonds. The van der Waals surface area contributed by atoms with Crippen molar-refractivity contribution in [3.8, 4) is 0 Å². The van der Waals surface area contributed by atoms with Gasteiger partial charge in [0.1, 0.15) is 0 Å². The Labute approximate surface area is 64.4 Å². The Hall–Kier alpha value is 0.350. The van der Waals surface area contributed by atoms with Gasteiger partial charge in [0.15, 0.2) is 0 Å². The van der Waals surface area contributed by atoms with Crippen molar-refractivity contribution < 1.29 is 0 Å². The van der Waals surface area contributed by atoms with Gasteiger partial charge in [-0.1, -0.05) is 39.8 Å². The third-order valence-electron chi connectivity index (χ3n) is 2.06. The van der Waals surface area contributed by atoms with E-state index in [2.05, 4.69) is 20.8 Å². The fourth-order valence-electron chi connectivity index (χ4n) is 0.955. The minimum atomic E-state index is 0.448. The Balaban J connectivity index is 3.62. The van der Waals surface area contributed by atoms with E-state index >= 15 is 0 Å². The summed E-state index contributed by atoms with van der Waals surface area (Å²) >= 11 is 5.05. The molecule has 1 radical (unpaired) electrons. The van der Waals surface area contributed by atoms with Gasteiger partial charge < -0.3 is 0 Å². The van der Waals surface area contributed by atoms with E-state index in [0.29, 0.717) is 5.41 Å². The number of hydrogen-bond donors (Lipinski definition) is 0. The average molecular weight is 145 g/mol. The van der Waals surface area contributed by atoms with Crippen LogP contribution in [0.15, 0.2) is 0 Å². The van der Waals surface area contributed by atoms with Gasteiger partial charge in [-0.3, -0.25) is 0 Å². The first-order valence-electron chi connectivity index (χ1n) is 3.76. The summed E-state index contributed by atoms with van der Waals surface area (Å²) in [6, 6.07) is 0. The molecule has 0 fully saturated rings. The molecule has 0 bridgehead atoms. The molecular weight excluding hydrogens is 128 g/mol. The molecule has 0 heterocycles. The Morgan fingerprint density at radius 1 is 1.33 bits per heavy atom. The first kappa shape index (κ1) is 9.35. The molecule has 1 atom stereocenters. The van der Waals surface area contributed by atoms with Gasteiger partial charge in [0.25, 0.3) is 0 Å². The molecule has 0 aromatic heterocycles. The molecule has 0 N–H and O–H groups in total. The van der Waals surface area contributed by atoms with Crippen LogP contribution in [0, 0.1) is 5.41 Å². The highest BCUT2D eigenvalue weighted by molar-refractivity contribution is 7.80. The minimum Gasteiger partial charge on any atom is -0.0936 e. The zero-order valence-corrected chi connectivity index (χ0v) is 7.55. The summed E-state index contributed by atoms with van der Waals surface area (Å²) < 4.78 is 0. The smallest absolute Gasteiger partial charge is 0.00908 e. The first-order chi connectivity index (χ1) is 4.18. The summed E-state index contributed by atoms with van der Waals surface area (Å²) in [6.45, 7) is 6.73. The van der Waals surface area contributed by atoms with E-state index in [9.17, 15) is 0 Å². The van der Waals surface area contributed by atoms with Crippen LogP contribution in [0.5, 0.6) is 0 Å². The zero-order chi connectivity index (χ0) is 7.33. The predicted octanol–water partition coefficient (Wildman–Crippen LogP) is 3.40. The lowest BCUT2D eigenvalue weighted by atomic mass is 9.85. The van der Waals surface area contributed by atoms with Gasteiger partial charge in [-0.15, -0.1) is 0 Å². The van der Waals surface area contributed by atoms with Gasteiger partial charge >= 0.3 is 0 Å². The maximum atomic E-state index is 5.05. The first-order valence-corrected chi connectivity index (χ1v) is 4.34. The van der Waals surface area contributed by atoms with Crippen molar-refractivity contribution >= 4 is 12.6 Å². The Morgan fingerprint density at radius 2 is 1.89 bits per heavy atom. The molecule has 0 rings (SSSR count). The summed E-state index contributed by atoms with van der Waals surface area (Å²) in [4.78, 5) is 0. The highest BCUT2D eigenvalue weighted by Gasteiger charge is 2.18. The third-order valence-corrected chi connectivity index (χ3v) is 2.75. The second-order valence-electron chi connectivity index (χ2n) is 3.06. The summed E-state index contributed by atoms with van der Waals surface area (Å²) in [7, 11) is 0. The van der Waals surface area contributed by atoms with Crippen LogP contribution in [0.2, 0.25) is 0 Å². The molecule has 0 aliphatic rings. The van der Waals surface area contributed by atoms with E-state index in [1.165, 1.54) is 19.3 Å². The van der Waals surface area contributed by atoms with Crippen molar-refractivity contribution in [1.82, 2.24) is 0 Å². The van der Waals surface area contributed by atoms with Crippen molar-refractivity contribution in [1.29, 1.82) is 0 Å². The van der Waals surface area contributed by atoms with Crippen LogP contribution < -0.4 is 0 Å². The second-order valence-corrected chi connectivity index (χ2v) is 3.35. The van der Waals surface area contributed by atoms with Crippen LogP contribution in [0.25, 0.3) is 0 Å². The third kappa shape index (κ3) is 3.14. The van der Waals surface area contributed by atoms with Crippen molar-refractivity contribution in [2.45, 2.75) is 40.0 Å². The highest BCUT2D eigenvalue weighted by Crippen LogP contribution is 2.27. The molecule has 0 aliphatic heterocycles. The summed E-state index contributed by atoms with van der Waals surface area (Å²) in [5, 5.41) is 0. The molecule has 0 nitrogen and oxygen atoms in total. The van der Waals surface area contributed by atoms with Gasteiger partial charge in [0.2, 0.25) is 0 Å². The lowest BCUT2D eigenvalue weighted by Gasteiger charge is -2.24. The summed E-state index contributed by atoms with van der Waals surface area (Å²) in [5.41, 5.74) is 0.448. The van der Waals surface area contributed by atoms with Crippen LogP contribution >= 0.6 is 12.6 Å². The Morgan fingerprint density at radius 3 is 2.00 bits per heavy atom. The topological polar surface area (TPSA) is 0 Å². The van der Waals surface area contributed by atoms with Crippen LogP contribution in [0.4, 0.5) is 0 Å². The van der Waals surface area contributed by atoms with E-state index in [-0.39, 0.29) is 0 Å². The molecule has 0 saturated heterocycles. The van der Waals surface area contributed by atoms with E-state index in [4.69, 9.17) is 12.6 Å². The number of rotatable bonds is 4. The lowest BCUT2D eigenvalue weighted by molar-refractivity contribution is 0.328. The van der Waals surface area contributed by atoms with Crippen LogP contribution in [-0.4, -0.2) is 5.75 Å². The van der Waals surface area contributed by atoms with Crippen molar-refractivity contribution in [3.05, 3.63) is 0 Å². The van der Waals surface area contributed by atoms with Crippen molar-refractivity contribution in [3.63, 3.8) is 0 Å². The highest BCUT2D eigenvalue weighted by atomic mass is 32.1. The maximum Gasteiger partial charge on any atom is 0.00908 e. The van der Waals surface area contributed by atoms with Gasteiger partial charge in [-0.25, -0.2) is 0 Å². The Kier molecular flexibility index (Phi) is 4.37. The molecule has 0 spiro atoms. The Bertz CT molecular complexity index is 65.0. The van der Waals surface area contributed by atoms with Gasteiger partial charge in [-0.2, -0.15) is 0 Å². The lowest BCUT2D eigenvalue weighted by Crippen LogP contribution is -2.16.